The molecular weight excluding hydrogens is 510 g/mol. The van der Waals surface area contributed by atoms with Gasteiger partial charge in [0.25, 0.3) is 0 Å². The van der Waals surface area contributed by atoms with Crippen LogP contribution in [0.4, 0.5) is 0 Å². The average molecular weight is 548 g/mol. The molecule has 1 aliphatic rings. The number of amides is 3. The number of hydrogen-bond acceptors (Lipinski definition) is 6. The van der Waals surface area contributed by atoms with Crippen LogP contribution in [0.2, 0.25) is 5.02 Å². The van der Waals surface area contributed by atoms with Gasteiger partial charge in [0.2, 0.25) is 17.7 Å². The van der Waals surface area contributed by atoms with Crippen LogP contribution in [0.15, 0.2) is 30.4 Å². The summed E-state index contributed by atoms with van der Waals surface area (Å²) in [6, 6.07) is 4.39. The summed E-state index contributed by atoms with van der Waals surface area (Å²) < 4.78 is 0.929. The van der Waals surface area contributed by atoms with Crippen LogP contribution in [0.25, 0.3) is 10.2 Å². The highest BCUT2D eigenvalue weighted by molar-refractivity contribution is 7.18. The molecule has 1 aliphatic heterocycles. The number of carbonyl (C=O) groups is 3. The van der Waals surface area contributed by atoms with Gasteiger partial charge in [-0.3, -0.25) is 19.3 Å². The molecule has 3 rings (SSSR count). The zero-order valence-electron chi connectivity index (χ0n) is 21.9. The maximum atomic E-state index is 13.4. The van der Waals surface area contributed by atoms with Crippen LogP contribution in [0, 0.1) is 5.92 Å². The van der Waals surface area contributed by atoms with Crippen LogP contribution in [0.3, 0.4) is 0 Å². The average Bonchev–Trinajstić information content (AvgIpc) is 3.54. The molecule has 10 heteroatoms. The maximum absolute atomic E-state index is 13.4. The third-order valence-corrected chi connectivity index (χ3v) is 8.10. The lowest BCUT2D eigenvalue weighted by Crippen LogP contribution is -2.54. The highest BCUT2D eigenvalue weighted by atomic mass is 35.5. The first kappa shape index (κ1) is 29.1. The lowest BCUT2D eigenvalue weighted by atomic mass is 9.98. The van der Waals surface area contributed by atoms with E-state index in [-0.39, 0.29) is 49.1 Å². The van der Waals surface area contributed by atoms with Gasteiger partial charge in [-0.1, -0.05) is 45.4 Å². The molecule has 8 nitrogen and oxygen atoms in total. The Hall–Kier alpha value is -2.49. The van der Waals surface area contributed by atoms with Crippen LogP contribution in [-0.2, 0) is 20.8 Å². The van der Waals surface area contributed by atoms with Gasteiger partial charge in [0, 0.05) is 42.6 Å². The molecule has 0 aliphatic carbocycles. The van der Waals surface area contributed by atoms with E-state index in [4.69, 9.17) is 11.6 Å². The third-order valence-electron chi connectivity index (χ3n) is 6.82. The zero-order valence-corrected chi connectivity index (χ0v) is 23.5. The number of aromatic nitrogens is 1. The molecule has 0 radical (unpaired) electrons. The van der Waals surface area contributed by atoms with Gasteiger partial charge in [-0.2, -0.15) is 0 Å². The fourth-order valence-corrected chi connectivity index (χ4v) is 5.57. The van der Waals surface area contributed by atoms with Crippen LogP contribution in [0.1, 0.15) is 51.5 Å². The quantitative estimate of drug-likeness (QED) is 0.332. The second-order valence-electron chi connectivity index (χ2n) is 9.69. The summed E-state index contributed by atoms with van der Waals surface area (Å²) in [5.74, 6) is -0.591. The van der Waals surface area contributed by atoms with Crippen molar-refractivity contribution in [1.29, 1.82) is 0 Å². The molecule has 1 fully saturated rings. The number of carbonyl (C=O) groups excluding carboxylic acids is 3. The summed E-state index contributed by atoms with van der Waals surface area (Å²) in [6.45, 7) is 12.6. The van der Waals surface area contributed by atoms with Gasteiger partial charge in [0.05, 0.1) is 15.2 Å². The Balaban J connectivity index is 1.66. The van der Waals surface area contributed by atoms with Crippen molar-refractivity contribution in [3.8, 4) is 0 Å². The third kappa shape index (κ3) is 8.51. The molecule has 3 amide bonds. The first-order chi connectivity index (χ1) is 17.7. The van der Waals surface area contributed by atoms with Crippen molar-refractivity contribution in [1.82, 2.24) is 25.8 Å². The van der Waals surface area contributed by atoms with Gasteiger partial charge in [0.1, 0.15) is 6.04 Å². The lowest BCUT2D eigenvalue weighted by molar-refractivity contribution is -0.129. The van der Waals surface area contributed by atoms with Gasteiger partial charge in [-0.15, -0.1) is 11.3 Å². The predicted molar refractivity (Wildman–Crippen MR) is 150 cm³/mol. The molecule has 0 bridgehead atoms. The molecular formula is C27H38ClN5O3S. The monoisotopic (exact) mass is 547 g/mol. The Morgan fingerprint density at radius 3 is 2.59 bits per heavy atom. The number of halogens is 1. The minimum Gasteiger partial charge on any atom is -0.350 e. The number of benzene rings is 1. The van der Waals surface area contributed by atoms with E-state index in [0.29, 0.717) is 17.1 Å². The van der Waals surface area contributed by atoms with Gasteiger partial charge >= 0.3 is 0 Å². The molecule has 1 saturated heterocycles. The zero-order chi connectivity index (χ0) is 26.9. The summed E-state index contributed by atoms with van der Waals surface area (Å²) in [7, 11) is 0. The smallest absolute Gasteiger partial charge is 0.247 e. The van der Waals surface area contributed by atoms with E-state index in [1.165, 1.54) is 11.3 Å². The van der Waals surface area contributed by atoms with Crippen molar-refractivity contribution in [3.05, 3.63) is 40.4 Å². The highest BCUT2D eigenvalue weighted by Gasteiger charge is 2.27. The molecule has 2 heterocycles. The van der Waals surface area contributed by atoms with E-state index < -0.39 is 6.04 Å². The van der Waals surface area contributed by atoms with E-state index in [0.717, 1.165) is 47.6 Å². The summed E-state index contributed by atoms with van der Waals surface area (Å²) in [4.78, 5) is 45.2. The fraction of sp³-hybridized carbons (Fsp3) is 0.556. The molecule has 37 heavy (non-hydrogen) atoms. The molecule has 202 valence electrons. The molecule has 3 N–H and O–H groups in total. The number of nitrogens with one attached hydrogen (secondary N) is 3. The topological polar surface area (TPSA) is 103 Å². The first-order valence-electron chi connectivity index (χ1n) is 13.0. The van der Waals surface area contributed by atoms with Crippen molar-refractivity contribution >= 4 is 50.9 Å². The Bertz CT molecular complexity index is 1110. The van der Waals surface area contributed by atoms with Gasteiger partial charge < -0.3 is 16.0 Å². The molecule has 1 aromatic heterocycles. The number of rotatable bonds is 13. The van der Waals surface area contributed by atoms with Crippen molar-refractivity contribution in [3.63, 3.8) is 0 Å². The summed E-state index contributed by atoms with van der Waals surface area (Å²) in [5, 5.41) is 10.2. The molecule has 1 aromatic carbocycles. The van der Waals surface area contributed by atoms with Crippen LogP contribution in [0.5, 0.6) is 0 Å². The van der Waals surface area contributed by atoms with Crippen molar-refractivity contribution < 1.29 is 14.4 Å². The lowest BCUT2D eigenvalue weighted by Gasteiger charge is -2.27. The SMILES string of the molecule is C=C(CN1CCCC1)C(=O)NC[C@@H](NC(=O)[C@H](Cc1nc2ccc(Cl)cc2s1)NC(=O)CC)[C@@H](C)CC. The second-order valence-corrected chi connectivity index (χ2v) is 11.2. The van der Waals surface area contributed by atoms with Crippen LogP contribution >= 0.6 is 22.9 Å². The Kier molecular flexibility index (Phi) is 10.9. The summed E-state index contributed by atoms with van der Waals surface area (Å²) in [5.41, 5.74) is 1.33. The minimum atomic E-state index is -0.782. The fourth-order valence-electron chi connectivity index (χ4n) is 4.29. The van der Waals surface area contributed by atoms with Gasteiger partial charge in [-0.05, 0) is 50.0 Å². The van der Waals surface area contributed by atoms with Gasteiger partial charge in [-0.25, -0.2) is 4.98 Å². The largest absolute Gasteiger partial charge is 0.350 e. The number of likely N-dealkylation sites (tertiary alicyclic amines) is 1. The van der Waals surface area contributed by atoms with Crippen molar-refractivity contribution in [2.75, 3.05) is 26.2 Å². The first-order valence-corrected chi connectivity index (χ1v) is 14.2. The van der Waals surface area contributed by atoms with E-state index in [1.54, 1.807) is 13.0 Å². The second kappa shape index (κ2) is 13.9. The highest BCUT2D eigenvalue weighted by Crippen LogP contribution is 2.26. The van der Waals surface area contributed by atoms with Gasteiger partial charge in [0.15, 0.2) is 0 Å². The minimum absolute atomic E-state index is 0.114. The van der Waals surface area contributed by atoms with Crippen molar-refractivity contribution in [2.24, 2.45) is 5.92 Å². The summed E-state index contributed by atoms with van der Waals surface area (Å²) >= 11 is 7.56. The normalized spacial score (nSPS) is 16.2. The number of nitrogens with zero attached hydrogens (tertiary/aromatic N) is 2. The molecule has 0 saturated carbocycles. The summed E-state index contributed by atoms with van der Waals surface area (Å²) in [6.07, 6.45) is 3.65. The standard InChI is InChI=1S/C27H38ClN5O3S/c1-5-17(3)22(15-29-26(35)18(4)16-33-11-7-8-12-33)32-27(36)21(30-24(34)6-2)14-25-31-20-10-9-19(28)13-23(20)37-25/h9-10,13,17,21-22H,4-8,11-12,14-16H2,1-3H3,(H,29,35)(H,30,34)(H,32,36)/t17-,21-,22+/m0/s1. The molecule has 0 spiro atoms. The molecule has 3 atom stereocenters. The van der Waals surface area contributed by atoms with Crippen molar-refractivity contribution in [2.45, 2.75) is 65.0 Å². The number of thiazole rings is 1. The van der Waals surface area contributed by atoms with E-state index in [1.807, 2.05) is 26.0 Å². The molecule has 0 unspecified atom stereocenters. The van der Waals surface area contributed by atoms with E-state index in [2.05, 4.69) is 32.4 Å². The Labute approximate surface area is 228 Å². The Morgan fingerprint density at radius 1 is 1.19 bits per heavy atom. The Morgan fingerprint density at radius 2 is 1.92 bits per heavy atom. The predicted octanol–water partition coefficient (Wildman–Crippen LogP) is 3.69. The van der Waals surface area contributed by atoms with Crippen LogP contribution < -0.4 is 16.0 Å². The van der Waals surface area contributed by atoms with Crippen LogP contribution in [-0.4, -0.2) is 65.9 Å². The van der Waals surface area contributed by atoms with E-state index in [9.17, 15) is 14.4 Å². The number of hydrogen-bond donors (Lipinski definition) is 3. The maximum Gasteiger partial charge on any atom is 0.247 e. The van der Waals surface area contributed by atoms with E-state index >= 15 is 0 Å². The molecule has 2 aromatic rings. The number of fused-ring (bicyclic) bond motifs is 1.